The van der Waals surface area contributed by atoms with Gasteiger partial charge in [0, 0.05) is 23.3 Å². The van der Waals surface area contributed by atoms with Gasteiger partial charge in [-0.1, -0.05) is 6.07 Å². The number of aromatic nitrogens is 2. The maximum atomic E-state index is 12.2. The van der Waals surface area contributed by atoms with Gasteiger partial charge in [0.25, 0.3) is 0 Å². The molecule has 5 heteroatoms. The topological polar surface area (TPSA) is 55.2 Å². The standard InChI is InChI=1S/C18H17FN2O2/c1-12-6-14(10-20-9-12)18-4-2-13-7-16(3-5-17(13)21-18)23-11-15(22)8-19/h2-7,9-10,15,22H,8,11H2,1H3/t15-/m1/s1. The van der Waals surface area contributed by atoms with E-state index in [0.29, 0.717) is 5.75 Å². The molecule has 1 atom stereocenters. The van der Waals surface area contributed by atoms with E-state index in [4.69, 9.17) is 4.74 Å². The van der Waals surface area contributed by atoms with Crippen LogP contribution in [0.25, 0.3) is 22.2 Å². The summed E-state index contributed by atoms with van der Waals surface area (Å²) in [6.45, 7) is 1.11. The first-order valence-electron chi connectivity index (χ1n) is 7.35. The zero-order valence-electron chi connectivity index (χ0n) is 12.7. The van der Waals surface area contributed by atoms with Crippen molar-refractivity contribution in [2.75, 3.05) is 13.3 Å². The molecule has 23 heavy (non-hydrogen) atoms. The Morgan fingerprint density at radius 2 is 2.04 bits per heavy atom. The number of alkyl halides is 1. The Bertz CT molecular complexity index is 823. The molecule has 0 aliphatic carbocycles. The summed E-state index contributed by atoms with van der Waals surface area (Å²) in [5.41, 5.74) is 3.75. The third kappa shape index (κ3) is 3.63. The van der Waals surface area contributed by atoms with Gasteiger partial charge in [-0.3, -0.25) is 4.98 Å². The fourth-order valence-electron chi connectivity index (χ4n) is 2.29. The molecule has 0 aliphatic rings. The molecule has 0 saturated heterocycles. The number of rotatable bonds is 5. The molecule has 0 amide bonds. The second kappa shape index (κ2) is 6.71. The molecule has 2 heterocycles. The molecule has 0 spiro atoms. The van der Waals surface area contributed by atoms with Gasteiger partial charge < -0.3 is 9.84 Å². The fraction of sp³-hybridized carbons (Fsp3) is 0.222. The van der Waals surface area contributed by atoms with Crippen LogP contribution in [0.15, 0.2) is 48.8 Å². The number of ether oxygens (including phenoxy) is 1. The molecular weight excluding hydrogens is 295 g/mol. The highest BCUT2D eigenvalue weighted by Crippen LogP contribution is 2.24. The number of aliphatic hydroxyl groups excluding tert-OH is 1. The lowest BCUT2D eigenvalue weighted by molar-refractivity contribution is 0.0842. The Labute approximate surface area is 133 Å². The first-order valence-corrected chi connectivity index (χ1v) is 7.35. The highest BCUT2D eigenvalue weighted by atomic mass is 19.1. The monoisotopic (exact) mass is 312 g/mol. The van der Waals surface area contributed by atoms with Crippen LogP contribution in [0.2, 0.25) is 0 Å². The van der Waals surface area contributed by atoms with E-state index in [-0.39, 0.29) is 6.61 Å². The number of benzene rings is 1. The quantitative estimate of drug-likeness (QED) is 0.785. The number of nitrogens with zero attached hydrogens (tertiary/aromatic N) is 2. The minimum atomic E-state index is -1.10. The number of aliphatic hydroxyl groups is 1. The molecule has 118 valence electrons. The average Bonchev–Trinajstić information content (AvgIpc) is 2.59. The maximum Gasteiger partial charge on any atom is 0.120 e. The summed E-state index contributed by atoms with van der Waals surface area (Å²) in [6.07, 6.45) is 2.50. The van der Waals surface area contributed by atoms with Gasteiger partial charge in [-0.15, -0.1) is 0 Å². The SMILES string of the molecule is Cc1cncc(-c2ccc3cc(OC[C@H](O)CF)ccc3n2)c1. The highest BCUT2D eigenvalue weighted by molar-refractivity contribution is 5.82. The van der Waals surface area contributed by atoms with Gasteiger partial charge in [0.2, 0.25) is 0 Å². The number of pyridine rings is 2. The molecule has 4 nitrogen and oxygen atoms in total. The first kappa shape index (κ1) is 15.4. The maximum absolute atomic E-state index is 12.2. The van der Waals surface area contributed by atoms with E-state index in [1.54, 1.807) is 18.5 Å². The lowest BCUT2D eigenvalue weighted by atomic mass is 10.1. The van der Waals surface area contributed by atoms with Crippen molar-refractivity contribution in [1.82, 2.24) is 9.97 Å². The fourth-order valence-corrected chi connectivity index (χ4v) is 2.29. The molecule has 0 saturated carbocycles. The van der Waals surface area contributed by atoms with E-state index in [1.165, 1.54) is 0 Å². The van der Waals surface area contributed by atoms with Crippen molar-refractivity contribution in [2.24, 2.45) is 0 Å². The molecule has 3 aromatic rings. The minimum absolute atomic E-state index is 0.0670. The molecule has 0 fully saturated rings. The lowest BCUT2D eigenvalue weighted by Crippen LogP contribution is -2.19. The molecule has 0 unspecified atom stereocenters. The van der Waals surface area contributed by atoms with Gasteiger partial charge in [0.1, 0.15) is 25.1 Å². The molecule has 1 N–H and O–H groups in total. The van der Waals surface area contributed by atoms with Gasteiger partial charge in [-0.05, 0) is 42.8 Å². The van der Waals surface area contributed by atoms with Crippen molar-refractivity contribution in [3.05, 3.63) is 54.4 Å². The van der Waals surface area contributed by atoms with Gasteiger partial charge >= 0.3 is 0 Å². The van der Waals surface area contributed by atoms with E-state index in [1.807, 2.05) is 37.3 Å². The van der Waals surface area contributed by atoms with Gasteiger partial charge in [0.05, 0.1) is 11.2 Å². The van der Waals surface area contributed by atoms with Crippen LogP contribution in [0.5, 0.6) is 5.75 Å². The Hall–Kier alpha value is -2.53. The van der Waals surface area contributed by atoms with Crippen molar-refractivity contribution in [2.45, 2.75) is 13.0 Å². The third-order valence-electron chi connectivity index (χ3n) is 3.45. The van der Waals surface area contributed by atoms with Gasteiger partial charge in [0.15, 0.2) is 0 Å². The predicted molar refractivity (Wildman–Crippen MR) is 87.2 cm³/mol. The van der Waals surface area contributed by atoms with Gasteiger partial charge in [-0.25, -0.2) is 9.37 Å². The molecular formula is C18H17FN2O2. The first-order chi connectivity index (χ1) is 11.2. The average molecular weight is 312 g/mol. The van der Waals surface area contributed by atoms with E-state index < -0.39 is 12.8 Å². The Morgan fingerprint density at radius 3 is 2.83 bits per heavy atom. The minimum Gasteiger partial charge on any atom is -0.491 e. The van der Waals surface area contributed by atoms with Crippen molar-refractivity contribution in [3.8, 4) is 17.0 Å². The highest BCUT2D eigenvalue weighted by Gasteiger charge is 2.06. The summed E-state index contributed by atoms with van der Waals surface area (Å²) in [5.74, 6) is 0.580. The largest absolute Gasteiger partial charge is 0.491 e. The normalized spacial score (nSPS) is 12.3. The number of halogens is 1. The van der Waals surface area contributed by atoms with Crippen LogP contribution in [0, 0.1) is 6.92 Å². The van der Waals surface area contributed by atoms with Crippen LogP contribution in [0.3, 0.4) is 0 Å². The van der Waals surface area contributed by atoms with Crippen LogP contribution in [-0.4, -0.2) is 34.5 Å². The Balaban J connectivity index is 1.87. The third-order valence-corrected chi connectivity index (χ3v) is 3.45. The van der Waals surface area contributed by atoms with E-state index in [9.17, 15) is 9.50 Å². The number of aryl methyl sites for hydroxylation is 1. The predicted octanol–water partition coefficient (Wildman–Crippen LogP) is 3.31. The summed E-state index contributed by atoms with van der Waals surface area (Å²) in [6, 6.07) is 11.4. The summed E-state index contributed by atoms with van der Waals surface area (Å²) in [4.78, 5) is 8.82. The zero-order valence-corrected chi connectivity index (χ0v) is 12.7. The second-order valence-corrected chi connectivity index (χ2v) is 5.42. The summed E-state index contributed by atoms with van der Waals surface area (Å²) < 4.78 is 17.6. The van der Waals surface area contributed by atoms with Crippen LogP contribution in [0.1, 0.15) is 5.56 Å². The Morgan fingerprint density at radius 1 is 1.17 bits per heavy atom. The molecule has 2 aromatic heterocycles. The second-order valence-electron chi connectivity index (χ2n) is 5.42. The smallest absolute Gasteiger partial charge is 0.120 e. The van der Waals surface area contributed by atoms with Crippen molar-refractivity contribution in [1.29, 1.82) is 0 Å². The zero-order chi connectivity index (χ0) is 16.2. The van der Waals surface area contributed by atoms with Crippen LogP contribution >= 0.6 is 0 Å². The van der Waals surface area contributed by atoms with E-state index >= 15 is 0 Å². The summed E-state index contributed by atoms with van der Waals surface area (Å²) in [7, 11) is 0. The summed E-state index contributed by atoms with van der Waals surface area (Å²) in [5, 5.41) is 10.1. The van der Waals surface area contributed by atoms with E-state index in [0.717, 1.165) is 27.7 Å². The van der Waals surface area contributed by atoms with Crippen molar-refractivity contribution in [3.63, 3.8) is 0 Å². The summed E-state index contributed by atoms with van der Waals surface area (Å²) >= 11 is 0. The van der Waals surface area contributed by atoms with Crippen LogP contribution in [0.4, 0.5) is 4.39 Å². The molecule has 0 bridgehead atoms. The molecule has 0 radical (unpaired) electrons. The van der Waals surface area contributed by atoms with Crippen molar-refractivity contribution < 1.29 is 14.2 Å². The van der Waals surface area contributed by atoms with Gasteiger partial charge in [-0.2, -0.15) is 0 Å². The lowest BCUT2D eigenvalue weighted by Gasteiger charge is -2.10. The Kier molecular flexibility index (Phi) is 4.48. The molecule has 3 rings (SSSR count). The van der Waals surface area contributed by atoms with E-state index in [2.05, 4.69) is 9.97 Å². The number of hydrogen-bond acceptors (Lipinski definition) is 4. The molecule has 0 aliphatic heterocycles. The van der Waals surface area contributed by atoms with Crippen molar-refractivity contribution >= 4 is 10.9 Å². The molecule has 1 aromatic carbocycles. The number of fused-ring (bicyclic) bond motifs is 1. The van der Waals surface area contributed by atoms with Crippen LogP contribution in [-0.2, 0) is 0 Å². The van der Waals surface area contributed by atoms with Crippen LogP contribution < -0.4 is 4.74 Å². The number of hydrogen-bond donors (Lipinski definition) is 1.